The van der Waals surface area contributed by atoms with Gasteiger partial charge in [-0.1, -0.05) is 24.3 Å². The number of hydrogen-bond donors (Lipinski definition) is 1. The third-order valence-electron chi connectivity index (χ3n) is 3.23. The lowest BCUT2D eigenvalue weighted by Gasteiger charge is -2.03. The van der Waals surface area contributed by atoms with Crippen LogP contribution in [0.2, 0.25) is 0 Å². The lowest BCUT2D eigenvalue weighted by molar-refractivity contribution is 0.0975. The normalized spacial score (nSPS) is 10.4. The van der Waals surface area contributed by atoms with Crippen LogP contribution in [-0.4, -0.2) is 10.9 Å². The van der Waals surface area contributed by atoms with Crippen LogP contribution < -0.4 is 0 Å². The number of ketones is 1. The minimum Gasteiger partial charge on any atom is -0.508 e. The van der Waals surface area contributed by atoms with Crippen molar-refractivity contribution in [2.24, 2.45) is 0 Å². The van der Waals surface area contributed by atoms with Crippen molar-refractivity contribution >= 4 is 5.78 Å². The Morgan fingerprint density at radius 2 is 1.70 bits per heavy atom. The summed E-state index contributed by atoms with van der Waals surface area (Å²) in [7, 11) is 0. The van der Waals surface area contributed by atoms with Gasteiger partial charge in [-0.25, -0.2) is 4.39 Å². The second kappa shape index (κ2) is 6.85. The number of carbonyl (C=O) groups is 1. The summed E-state index contributed by atoms with van der Waals surface area (Å²) >= 11 is 0. The number of hydrogen-bond acceptors (Lipinski definition) is 2. The molecular weight excluding hydrogens is 255 g/mol. The van der Waals surface area contributed by atoms with Crippen LogP contribution in [-0.2, 0) is 6.42 Å². The van der Waals surface area contributed by atoms with Crippen LogP contribution in [0.3, 0.4) is 0 Å². The van der Waals surface area contributed by atoms with Crippen LogP contribution >= 0.6 is 0 Å². The Balaban J connectivity index is 1.77. The van der Waals surface area contributed by atoms with E-state index in [1.807, 2.05) is 12.1 Å². The molecule has 0 saturated carbocycles. The van der Waals surface area contributed by atoms with E-state index in [0.717, 1.165) is 24.8 Å². The number of aromatic hydroxyl groups is 1. The maximum Gasteiger partial charge on any atom is 0.165 e. The van der Waals surface area contributed by atoms with Gasteiger partial charge in [-0.2, -0.15) is 0 Å². The van der Waals surface area contributed by atoms with Crippen LogP contribution in [0.4, 0.5) is 4.39 Å². The van der Waals surface area contributed by atoms with Gasteiger partial charge in [0, 0.05) is 6.42 Å². The molecule has 0 spiro atoms. The lowest BCUT2D eigenvalue weighted by Crippen LogP contribution is -2.02. The van der Waals surface area contributed by atoms with Gasteiger partial charge < -0.3 is 5.11 Å². The van der Waals surface area contributed by atoms with Crippen LogP contribution in [0.1, 0.15) is 35.2 Å². The number of halogens is 1. The summed E-state index contributed by atoms with van der Waals surface area (Å²) in [5, 5.41) is 9.17. The highest BCUT2D eigenvalue weighted by Crippen LogP contribution is 2.14. The van der Waals surface area contributed by atoms with E-state index in [9.17, 15) is 14.3 Å². The molecule has 3 heteroatoms. The van der Waals surface area contributed by atoms with Gasteiger partial charge in [-0.05, 0) is 49.1 Å². The van der Waals surface area contributed by atoms with Gasteiger partial charge in [0.05, 0.1) is 5.56 Å². The van der Waals surface area contributed by atoms with E-state index in [4.69, 9.17) is 0 Å². The number of aryl methyl sites for hydroxylation is 1. The quantitative estimate of drug-likeness (QED) is 0.634. The number of phenols is 1. The zero-order chi connectivity index (χ0) is 14.4. The largest absolute Gasteiger partial charge is 0.508 e. The highest BCUT2D eigenvalue weighted by atomic mass is 19.1. The first-order valence-electron chi connectivity index (χ1n) is 6.72. The third-order valence-corrected chi connectivity index (χ3v) is 3.23. The van der Waals surface area contributed by atoms with E-state index >= 15 is 0 Å². The van der Waals surface area contributed by atoms with Crippen molar-refractivity contribution in [1.82, 2.24) is 0 Å². The maximum atomic E-state index is 13.4. The molecular formula is C17H17FO2. The number of Topliss-reactive ketones (excluding diaryl/α,β-unsaturated/α-hetero) is 1. The van der Waals surface area contributed by atoms with Crippen LogP contribution in [0.5, 0.6) is 5.75 Å². The number of phenolic OH excluding ortho intramolecular Hbond substituents is 1. The predicted molar refractivity (Wildman–Crippen MR) is 76.4 cm³/mol. The van der Waals surface area contributed by atoms with Crippen molar-refractivity contribution in [2.75, 3.05) is 0 Å². The summed E-state index contributed by atoms with van der Waals surface area (Å²) in [4.78, 5) is 11.8. The summed E-state index contributed by atoms with van der Waals surface area (Å²) in [6.07, 6.45) is 2.81. The Morgan fingerprint density at radius 1 is 1.00 bits per heavy atom. The Morgan fingerprint density at radius 3 is 2.40 bits per heavy atom. The molecule has 0 saturated heterocycles. The van der Waals surface area contributed by atoms with Gasteiger partial charge in [-0.3, -0.25) is 4.79 Å². The van der Waals surface area contributed by atoms with Crippen LogP contribution in [0.25, 0.3) is 0 Å². The molecule has 0 heterocycles. The van der Waals surface area contributed by atoms with E-state index < -0.39 is 5.82 Å². The van der Waals surface area contributed by atoms with Gasteiger partial charge in [0.1, 0.15) is 11.6 Å². The molecule has 2 aromatic rings. The van der Waals surface area contributed by atoms with E-state index in [2.05, 4.69) is 0 Å². The molecule has 20 heavy (non-hydrogen) atoms. The first-order valence-corrected chi connectivity index (χ1v) is 6.72. The lowest BCUT2D eigenvalue weighted by atomic mass is 10.0. The molecule has 2 rings (SSSR count). The van der Waals surface area contributed by atoms with Crippen LogP contribution in [0.15, 0.2) is 48.5 Å². The first-order chi connectivity index (χ1) is 9.66. The molecule has 0 aromatic heterocycles. The molecule has 0 bridgehead atoms. The topological polar surface area (TPSA) is 37.3 Å². The monoisotopic (exact) mass is 272 g/mol. The number of rotatable bonds is 6. The molecule has 0 radical (unpaired) electrons. The zero-order valence-electron chi connectivity index (χ0n) is 11.2. The number of carbonyl (C=O) groups excluding carboxylic acids is 1. The molecule has 2 aromatic carbocycles. The molecule has 1 N–H and O–H groups in total. The number of unbranched alkanes of at least 4 members (excludes halogenated alkanes) is 1. The SMILES string of the molecule is O=C(CCCCc1ccc(O)cc1)c1ccccc1F. The van der Waals surface area contributed by atoms with Gasteiger partial charge >= 0.3 is 0 Å². The predicted octanol–water partition coefficient (Wildman–Crippen LogP) is 4.13. The summed E-state index contributed by atoms with van der Waals surface area (Å²) < 4.78 is 13.4. The van der Waals surface area contributed by atoms with E-state index in [1.165, 1.54) is 12.1 Å². The molecule has 0 fully saturated rings. The Kier molecular flexibility index (Phi) is 4.88. The molecule has 104 valence electrons. The van der Waals surface area contributed by atoms with Crippen molar-refractivity contribution in [1.29, 1.82) is 0 Å². The van der Waals surface area contributed by atoms with Gasteiger partial charge in [0.25, 0.3) is 0 Å². The average Bonchev–Trinajstić information content (AvgIpc) is 2.46. The van der Waals surface area contributed by atoms with E-state index in [-0.39, 0.29) is 17.1 Å². The van der Waals surface area contributed by atoms with Crippen molar-refractivity contribution in [3.05, 3.63) is 65.5 Å². The molecule has 0 unspecified atom stereocenters. The van der Waals surface area contributed by atoms with Gasteiger partial charge in [0.2, 0.25) is 0 Å². The molecule has 0 amide bonds. The second-order valence-electron chi connectivity index (χ2n) is 4.78. The fourth-order valence-electron chi connectivity index (χ4n) is 2.10. The Bertz CT molecular complexity index is 576. The highest BCUT2D eigenvalue weighted by molar-refractivity contribution is 5.96. The third kappa shape index (κ3) is 3.92. The molecule has 0 aliphatic heterocycles. The van der Waals surface area contributed by atoms with E-state index in [0.29, 0.717) is 6.42 Å². The minimum absolute atomic E-state index is 0.145. The van der Waals surface area contributed by atoms with E-state index in [1.54, 1.807) is 24.3 Å². The van der Waals surface area contributed by atoms with Crippen molar-refractivity contribution in [3.63, 3.8) is 0 Å². The summed E-state index contributed by atoms with van der Waals surface area (Å²) in [5.41, 5.74) is 1.30. The minimum atomic E-state index is -0.448. The standard InChI is InChI=1S/C17H17FO2/c18-16-7-3-2-6-15(16)17(20)8-4-1-5-13-9-11-14(19)12-10-13/h2-3,6-7,9-12,19H,1,4-5,8H2. The molecule has 0 atom stereocenters. The highest BCUT2D eigenvalue weighted by Gasteiger charge is 2.10. The van der Waals surface area contributed by atoms with Crippen molar-refractivity contribution in [3.8, 4) is 5.75 Å². The maximum absolute atomic E-state index is 13.4. The first kappa shape index (κ1) is 14.3. The van der Waals surface area contributed by atoms with Crippen LogP contribution in [0, 0.1) is 5.82 Å². The number of benzene rings is 2. The summed E-state index contributed by atoms with van der Waals surface area (Å²) in [6, 6.07) is 13.1. The fourth-order valence-corrected chi connectivity index (χ4v) is 2.10. The Hall–Kier alpha value is -2.16. The molecule has 2 nitrogen and oxygen atoms in total. The molecule has 0 aliphatic rings. The fraction of sp³-hybridized carbons (Fsp3) is 0.235. The Labute approximate surface area is 117 Å². The zero-order valence-corrected chi connectivity index (χ0v) is 11.2. The second-order valence-corrected chi connectivity index (χ2v) is 4.78. The van der Waals surface area contributed by atoms with Gasteiger partial charge in [-0.15, -0.1) is 0 Å². The van der Waals surface area contributed by atoms with Crippen molar-refractivity contribution in [2.45, 2.75) is 25.7 Å². The van der Waals surface area contributed by atoms with Gasteiger partial charge in [0.15, 0.2) is 5.78 Å². The average molecular weight is 272 g/mol. The molecule has 0 aliphatic carbocycles. The summed E-state index contributed by atoms with van der Waals surface area (Å²) in [6.45, 7) is 0. The smallest absolute Gasteiger partial charge is 0.165 e. The van der Waals surface area contributed by atoms with Crippen molar-refractivity contribution < 1.29 is 14.3 Å². The summed E-state index contributed by atoms with van der Waals surface area (Å²) in [5.74, 6) is -0.340.